The molecule has 0 fully saturated rings. The van der Waals surface area contributed by atoms with Crippen molar-refractivity contribution in [1.29, 1.82) is 0 Å². The summed E-state index contributed by atoms with van der Waals surface area (Å²) in [4.78, 5) is 8.68. The maximum absolute atomic E-state index is 10.6. The standard InChI is InChI=1S/C6H4ClNO5S.K/c7-6-4(8(9)10)2-1-3-5(6)14(11,12)13;/h1-3H,(H,11,12,13);/q;+1/p-1. The number of hydrogen-bond donors (Lipinski definition) is 0. The second-order valence-corrected chi connectivity index (χ2v) is 4.03. The minimum Gasteiger partial charge on any atom is -0.744 e. The molecular weight excluding hydrogens is 273 g/mol. The monoisotopic (exact) mass is 275 g/mol. The zero-order valence-corrected chi connectivity index (χ0v) is 12.2. The van der Waals surface area contributed by atoms with E-state index in [2.05, 4.69) is 0 Å². The van der Waals surface area contributed by atoms with Gasteiger partial charge in [-0.05, 0) is 6.07 Å². The van der Waals surface area contributed by atoms with E-state index in [4.69, 9.17) is 11.6 Å². The van der Waals surface area contributed by atoms with Crippen LogP contribution in [0.15, 0.2) is 23.1 Å². The van der Waals surface area contributed by atoms with Gasteiger partial charge in [-0.2, -0.15) is 0 Å². The van der Waals surface area contributed by atoms with Gasteiger partial charge in [0.1, 0.15) is 15.1 Å². The predicted octanol–water partition coefficient (Wildman–Crippen LogP) is -1.84. The first-order chi connectivity index (χ1) is 6.34. The third-order valence-corrected chi connectivity index (χ3v) is 2.80. The summed E-state index contributed by atoms with van der Waals surface area (Å²) in [5.41, 5.74) is -0.608. The Labute approximate surface area is 133 Å². The van der Waals surface area contributed by atoms with Crippen LogP contribution in [-0.4, -0.2) is 17.9 Å². The first-order valence-corrected chi connectivity index (χ1v) is 5.01. The van der Waals surface area contributed by atoms with Crippen LogP contribution in [-0.2, 0) is 10.1 Å². The van der Waals surface area contributed by atoms with Gasteiger partial charge in [0.05, 0.1) is 9.82 Å². The van der Waals surface area contributed by atoms with Crippen molar-refractivity contribution >= 4 is 27.4 Å². The van der Waals surface area contributed by atoms with Crippen molar-refractivity contribution in [2.24, 2.45) is 0 Å². The molecule has 0 aliphatic carbocycles. The van der Waals surface area contributed by atoms with Crippen molar-refractivity contribution in [3.8, 4) is 0 Å². The Kier molecular flexibility index (Phi) is 5.86. The van der Waals surface area contributed by atoms with Gasteiger partial charge in [-0.3, -0.25) is 10.1 Å². The van der Waals surface area contributed by atoms with Crippen molar-refractivity contribution in [1.82, 2.24) is 0 Å². The molecule has 1 aromatic carbocycles. The molecule has 0 unspecified atom stereocenters. The first-order valence-electron chi connectivity index (χ1n) is 3.23. The van der Waals surface area contributed by atoms with E-state index < -0.39 is 30.6 Å². The van der Waals surface area contributed by atoms with Crippen molar-refractivity contribution in [2.45, 2.75) is 4.90 Å². The molecule has 0 saturated heterocycles. The minimum absolute atomic E-state index is 0. The van der Waals surface area contributed by atoms with Crippen LogP contribution in [0.4, 0.5) is 5.69 Å². The van der Waals surface area contributed by atoms with Crippen LogP contribution in [0.2, 0.25) is 5.02 Å². The number of benzene rings is 1. The van der Waals surface area contributed by atoms with E-state index in [1.54, 1.807) is 0 Å². The summed E-state index contributed by atoms with van der Waals surface area (Å²) < 4.78 is 31.7. The van der Waals surface area contributed by atoms with Crippen LogP contribution >= 0.6 is 11.6 Å². The zero-order valence-electron chi connectivity index (χ0n) is 7.51. The average molecular weight is 276 g/mol. The van der Waals surface area contributed by atoms with Gasteiger partial charge in [0.15, 0.2) is 0 Å². The van der Waals surface area contributed by atoms with Crippen LogP contribution in [0, 0.1) is 10.1 Å². The Bertz CT molecular complexity index is 488. The molecule has 0 amide bonds. The maximum atomic E-state index is 10.6. The van der Waals surface area contributed by atoms with E-state index in [0.717, 1.165) is 18.2 Å². The van der Waals surface area contributed by atoms with Crippen LogP contribution < -0.4 is 51.4 Å². The molecule has 0 saturated carbocycles. The number of nitro groups is 1. The van der Waals surface area contributed by atoms with Gasteiger partial charge >= 0.3 is 51.4 Å². The molecule has 76 valence electrons. The van der Waals surface area contributed by atoms with E-state index in [0.29, 0.717) is 0 Å². The molecule has 0 aromatic heterocycles. The van der Waals surface area contributed by atoms with Gasteiger partial charge in [0.25, 0.3) is 5.69 Å². The molecule has 15 heavy (non-hydrogen) atoms. The van der Waals surface area contributed by atoms with Gasteiger partial charge in [-0.25, -0.2) is 8.42 Å². The Morgan fingerprint density at radius 3 is 2.27 bits per heavy atom. The number of hydrogen-bond acceptors (Lipinski definition) is 5. The molecule has 0 N–H and O–H groups in total. The van der Waals surface area contributed by atoms with Gasteiger partial charge < -0.3 is 4.55 Å². The SMILES string of the molecule is O=[N+]([O-])c1cccc(S(=O)(=O)[O-])c1Cl.[K+]. The van der Waals surface area contributed by atoms with Gasteiger partial charge in [0.2, 0.25) is 0 Å². The molecule has 0 aliphatic heterocycles. The van der Waals surface area contributed by atoms with Gasteiger partial charge in [-0.15, -0.1) is 0 Å². The molecule has 0 aliphatic rings. The minimum atomic E-state index is -4.78. The van der Waals surface area contributed by atoms with Crippen LogP contribution in [0.25, 0.3) is 0 Å². The summed E-state index contributed by atoms with van der Waals surface area (Å²) in [6, 6.07) is 3.00. The van der Waals surface area contributed by atoms with Crippen molar-refractivity contribution in [3.63, 3.8) is 0 Å². The number of nitro benzene ring substituents is 1. The average Bonchev–Trinajstić information content (AvgIpc) is 2.01. The van der Waals surface area contributed by atoms with E-state index in [1.807, 2.05) is 0 Å². The molecule has 1 aromatic rings. The van der Waals surface area contributed by atoms with Crippen LogP contribution in [0.1, 0.15) is 0 Å². The molecule has 0 atom stereocenters. The molecule has 0 heterocycles. The van der Waals surface area contributed by atoms with Crippen molar-refractivity contribution < 1.29 is 69.3 Å². The maximum Gasteiger partial charge on any atom is 1.00 e. The third kappa shape index (κ3) is 3.75. The Hall–Kier alpha value is 0.456. The summed E-state index contributed by atoms with van der Waals surface area (Å²) in [6.45, 7) is 0. The second-order valence-electron chi connectivity index (χ2n) is 2.30. The molecule has 6 nitrogen and oxygen atoms in total. The van der Waals surface area contributed by atoms with E-state index >= 15 is 0 Å². The molecular formula is C6H3ClKNO5S. The topological polar surface area (TPSA) is 100 Å². The third-order valence-electron chi connectivity index (χ3n) is 1.41. The Balaban J connectivity index is 0.00000196. The van der Waals surface area contributed by atoms with Crippen molar-refractivity contribution in [3.05, 3.63) is 33.3 Å². The fourth-order valence-corrected chi connectivity index (χ4v) is 1.88. The van der Waals surface area contributed by atoms with Crippen LogP contribution in [0.3, 0.4) is 0 Å². The number of nitrogens with zero attached hydrogens (tertiary/aromatic N) is 1. The fourth-order valence-electron chi connectivity index (χ4n) is 0.833. The summed E-state index contributed by atoms with van der Waals surface area (Å²) >= 11 is 5.37. The summed E-state index contributed by atoms with van der Waals surface area (Å²) in [7, 11) is -4.78. The Morgan fingerprint density at radius 2 is 1.87 bits per heavy atom. The molecule has 0 spiro atoms. The smallest absolute Gasteiger partial charge is 0.744 e. The molecule has 1 rings (SSSR count). The van der Waals surface area contributed by atoms with E-state index in [9.17, 15) is 23.1 Å². The normalized spacial score (nSPS) is 10.5. The second kappa shape index (κ2) is 5.69. The summed E-state index contributed by atoms with van der Waals surface area (Å²) in [5, 5.41) is 9.67. The fraction of sp³-hybridized carbons (Fsp3) is 0. The first kappa shape index (κ1) is 15.5. The molecule has 0 bridgehead atoms. The molecule has 9 heteroatoms. The van der Waals surface area contributed by atoms with Gasteiger partial charge in [-0.1, -0.05) is 17.7 Å². The molecule has 0 radical (unpaired) electrons. The number of halogens is 1. The summed E-state index contributed by atoms with van der Waals surface area (Å²) in [5.74, 6) is 0. The van der Waals surface area contributed by atoms with Crippen LogP contribution in [0.5, 0.6) is 0 Å². The number of rotatable bonds is 2. The predicted molar refractivity (Wildman–Crippen MR) is 46.1 cm³/mol. The van der Waals surface area contributed by atoms with E-state index in [-0.39, 0.29) is 51.4 Å². The van der Waals surface area contributed by atoms with E-state index in [1.165, 1.54) is 0 Å². The quantitative estimate of drug-likeness (QED) is 0.273. The largest absolute Gasteiger partial charge is 1.00 e. The van der Waals surface area contributed by atoms with Gasteiger partial charge in [0, 0.05) is 6.07 Å². The summed E-state index contributed by atoms with van der Waals surface area (Å²) in [6.07, 6.45) is 0. The Morgan fingerprint density at radius 1 is 1.33 bits per heavy atom. The zero-order chi connectivity index (χ0) is 10.9. The van der Waals surface area contributed by atoms with Crippen molar-refractivity contribution in [2.75, 3.05) is 0 Å².